The van der Waals surface area contributed by atoms with Crippen LogP contribution in [0.25, 0.3) is 0 Å². The third-order valence-corrected chi connectivity index (χ3v) is 3.76. The number of hydrogen-bond donors (Lipinski definition) is 2. The van der Waals surface area contributed by atoms with Gasteiger partial charge in [0.15, 0.2) is 0 Å². The molecule has 1 atom stereocenters. The van der Waals surface area contributed by atoms with Crippen LogP contribution in [0.15, 0.2) is 54.6 Å². The van der Waals surface area contributed by atoms with Crippen LogP contribution in [0.5, 0.6) is 5.75 Å². The molecule has 0 saturated heterocycles. The van der Waals surface area contributed by atoms with E-state index < -0.39 is 0 Å². The van der Waals surface area contributed by atoms with E-state index in [9.17, 15) is 4.79 Å². The lowest BCUT2D eigenvalue weighted by Gasteiger charge is -2.19. The number of nitrogens with one attached hydrogen (secondary N) is 2. The molecule has 2 amide bonds. The number of benzene rings is 2. The first kappa shape index (κ1) is 16.9. The zero-order chi connectivity index (χ0) is 16.7. The van der Waals surface area contributed by atoms with Crippen molar-refractivity contribution in [1.82, 2.24) is 5.32 Å². The van der Waals surface area contributed by atoms with Crippen LogP contribution in [-0.4, -0.2) is 12.1 Å². The van der Waals surface area contributed by atoms with Crippen LogP contribution in [0.4, 0.5) is 10.5 Å². The average molecular weight is 312 g/mol. The molecule has 0 heterocycles. The third-order valence-electron chi connectivity index (χ3n) is 3.76. The van der Waals surface area contributed by atoms with Gasteiger partial charge in [-0.05, 0) is 31.0 Å². The number of rotatable bonds is 6. The highest BCUT2D eigenvalue weighted by Gasteiger charge is 2.12. The molecule has 2 rings (SSSR count). The first-order valence-electron chi connectivity index (χ1n) is 7.89. The molecule has 0 bridgehead atoms. The van der Waals surface area contributed by atoms with Crippen molar-refractivity contribution < 1.29 is 9.53 Å². The summed E-state index contributed by atoms with van der Waals surface area (Å²) in [5.41, 5.74) is 1.69. The maximum Gasteiger partial charge on any atom is 0.319 e. The lowest BCUT2D eigenvalue weighted by Crippen LogP contribution is -2.39. The smallest absolute Gasteiger partial charge is 0.319 e. The van der Waals surface area contributed by atoms with Crippen LogP contribution in [0, 0.1) is 5.92 Å². The topological polar surface area (TPSA) is 50.4 Å². The molecular formula is C19H24N2O2. The van der Waals surface area contributed by atoms with Gasteiger partial charge >= 0.3 is 6.03 Å². The van der Waals surface area contributed by atoms with E-state index in [1.54, 1.807) is 0 Å². The first-order valence-corrected chi connectivity index (χ1v) is 7.89. The van der Waals surface area contributed by atoms with Gasteiger partial charge < -0.3 is 15.4 Å². The molecule has 0 radical (unpaired) electrons. The van der Waals surface area contributed by atoms with Crippen LogP contribution in [0.1, 0.15) is 26.3 Å². The minimum atomic E-state index is -0.196. The van der Waals surface area contributed by atoms with Gasteiger partial charge in [0.1, 0.15) is 12.4 Å². The van der Waals surface area contributed by atoms with Gasteiger partial charge in [-0.15, -0.1) is 0 Å². The first-order chi connectivity index (χ1) is 11.1. The molecule has 2 N–H and O–H groups in total. The Bertz CT molecular complexity index is 626. The van der Waals surface area contributed by atoms with E-state index in [0.717, 1.165) is 17.0 Å². The quantitative estimate of drug-likeness (QED) is 0.829. The van der Waals surface area contributed by atoms with E-state index in [4.69, 9.17) is 4.74 Å². The number of para-hydroxylation sites is 2. The van der Waals surface area contributed by atoms with Gasteiger partial charge in [0.25, 0.3) is 0 Å². The van der Waals surface area contributed by atoms with Crippen molar-refractivity contribution in [2.24, 2.45) is 5.92 Å². The van der Waals surface area contributed by atoms with Gasteiger partial charge in [0.2, 0.25) is 0 Å². The fourth-order valence-electron chi connectivity index (χ4n) is 1.98. The lowest BCUT2D eigenvalue weighted by molar-refractivity contribution is 0.246. The van der Waals surface area contributed by atoms with Gasteiger partial charge in [-0.2, -0.15) is 0 Å². The molecule has 0 spiro atoms. The average Bonchev–Trinajstić information content (AvgIpc) is 2.54. The number of ether oxygens (including phenoxy) is 1. The zero-order valence-corrected chi connectivity index (χ0v) is 13.9. The minimum absolute atomic E-state index is 0.114. The molecule has 0 aliphatic carbocycles. The fraction of sp³-hybridized carbons (Fsp3) is 0.316. The van der Waals surface area contributed by atoms with E-state index in [1.165, 1.54) is 0 Å². The van der Waals surface area contributed by atoms with Crippen LogP contribution >= 0.6 is 0 Å². The van der Waals surface area contributed by atoms with Gasteiger partial charge in [-0.1, -0.05) is 50.2 Å². The second kappa shape index (κ2) is 8.22. The highest BCUT2D eigenvalue weighted by atomic mass is 16.5. The molecule has 4 nitrogen and oxygen atoms in total. The molecule has 0 fully saturated rings. The number of carbonyl (C=O) groups is 1. The minimum Gasteiger partial charge on any atom is -0.489 e. The molecule has 2 aromatic carbocycles. The fourth-order valence-corrected chi connectivity index (χ4v) is 1.98. The number of hydrogen-bond acceptors (Lipinski definition) is 2. The lowest BCUT2D eigenvalue weighted by atomic mass is 10.1. The summed E-state index contributed by atoms with van der Waals surface area (Å²) in [6.07, 6.45) is 0. The van der Waals surface area contributed by atoms with Crippen molar-refractivity contribution >= 4 is 11.7 Å². The van der Waals surface area contributed by atoms with Gasteiger partial charge in [0, 0.05) is 17.3 Å². The van der Waals surface area contributed by atoms with Gasteiger partial charge in [-0.25, -0.2) is 4.79 Å². The van der Waals surface area contributed by atoms with Crippen molar-refractivity contribution in [1.29, 1.82) is 0 Å². The summed E-state index contributed by atoms with van der Waals surface area (Å²) in [4.78, 5) is 12.1. The number of carbonyl (C=O) groups excluding carboxylic acids is 1. The molecule has 0 saturated carbocycles. The standard InChI is InChI=1S/C19H24N2O2/c1-14(2)15(3)20-19(22)21-18-12-8-7-9-16(18)13-23-17-10-5-4-6-11-17/h4-12,14-15H,13H2,1-3H3,(H2,20,21,22). The molecule has 122 valence electrons. The Morgan fingerprint density at radius 2 is 1.65 bits per heavy atom. The van der Waals surface area contributed by atoms with Crippen LogP contribution < -0.4 is 15.4 Å². The van der Waals surface area contributed by atoms with Gasteiger partial charge in [0.05, 0.1) is 0 Å². The van der Waals surface area contributed by atoms with Crippen molar-refractivity contribution in [2.75, 3.05) is 5.32 Å². The molecule has 23 heavy (non-hydrogen) atoms. The van der Waals surface area contributed by atoms with Gasteiger partial charge in [-0.3, -0.25) is 0 Å². The Morgan fingerprint density at radius 1 is 1.00 bits per heavy atom. The molecule has 0 aliphatic rings. The molecule has 1 unspecified atom stereocenters. The van der Waals surface area contributed by atoms with Crippen molar-refractivity contribution in [3.63, 3.8) is 0 Å². The Morgan fingerprint density at radius 3 is 2.35 bits per heavy atom. The maximum absolute atomic E-state index is 12.1. The molecule has 4 heteroatoms. The largest absolute Gasteiger partial charge is 0.489 e. The van der Waals surface area contributed by atoms with Crippen molar-refractivity contribution in [2.45, 2.75) is 33.4 Å². The second-order valence-electron chi connectivity index (χ2n) is 5.89. The third kappa shape index (κ3) is 5.33. The summed E-state index contributed by atoms with van der Waals surface area (Å²) in [5, 5.41) is 5.84. The summed E-state index contributed by atoms with van der Waals surface area (Å²) >= 11 is 0. The van der Waals surface area contributed by atoms with E-state index in [2.05, 4.69) is 24.5 Å². The van der Waals surface area contributed by atoms with Crippen molar-refractivity contribution in [3.05, 3.63) is 60.2 Å². The summed E-state index contributed by atoms with van der Waals surface area (Å²) in [6, 6.07) is 17.2. The second-order valence-corrected chi connectivity index (χ2v) is 5.89. The summed E-state index contributed by atoms with van der Waals surface area (Å²) < 4.78 is 5.76. The highest BCUT2D eigenvalue weighted by Crippen LogP contribution is 2.18. The number of urea groups is 1. The summed E-state index contributed by atoms with van der Waals surface area (Å²) in [6.45, 7) is 6.55. The van der Waals surface area contributed by atoms with Crippen LogP contribution in [0.3, 0.4) is 0 Å². The monoisotopic (exact) mass is 312 g/mol. The number of amides is 2. The predicted octanol–water partition coefficient (Wildman–Crippen LogP) is 4.43. The van der Waals surface area contributed by atoms with E-state index in [0.29, 0.717) is 12.5 Å². The molecule has 0 aromatic heterocycles. The van der Waals surface area contributed by atoms with E-state index in [1.807, 2.05) is 61.5 Å². The van der Waals surface area contributed by atoms with Crippen molar-refractivity contribution in [3.8, 4) is 5.75 Å². The Hall–Kier alpha value is -2.49. The molecule has 0 aliphatic heterocycles. The molecular weight excluding hydrogens is 288 g/mol. The Balaban J connectivity index is 1.98. The van der Waals surface area contributed by atoms with Crippen LogP contribution in [-0.2, 0) is 6.61 Å². The predicted molar refractivity (Wildman–Crippen MR) is 93.7 cm³/mol. The maximum atomic E-state index is 12.1. The van der Waals surface area contributed by atoms with Crippen LogP contribution in [0.2, 0.25) is 0 Å². The summed E-state index contributed by atoms with van der Waals surface area (Å²) in [5.74, 6) is 1.19. The Kier molecular flexibility index (Phi) is 6.03. The molecule has 2 aromatic rings. The Labute approximate surface area is 137 Å². The summed E-state index contributed by atoms with van der Waals surface area (Å²) in [7, 11) is 0. The van der Waals surface area contributed by atoms with E-state index >= 15 is 0 Å². The van der Waals surface area contributed by atoms with E-state index in [-0.39, 0.29) is 12.1 Å². The number of anilines is 1. The highest BCUT2D eigenvalue weighted by molar-refractivity contribution is 5.90. The SMILES string of the molecule is CC(C)C(C)NC(=O)Nc1ccccc1COc1ccccc1. The normalized spacial score (nSPS) is 11.8. The zero-order valence-electron chi connectivity index (χ0n) is 13.9.